The molecule has 0 radical (unpaired) electrons. The first-order valence-corrected chi connectivity index (χ1v) is 6.34. The molecule has 1 heterocycles. The van der Waals surface area contributed by atoms with Crippen LogP contribution in [0.15, 0.2) is 23.1 Å². The van der Waals surface area contributed by atoms with E-state index in [9.17, 15) is 0 Å². The Morgan fingerprint density at radius 3 is 2.88 bits per heavy atom. The molecule has 2 rings (SSSR count). The first-order valence-electron chi connectivity index (χ1n) is 5.36. The zero-order chi connectivity index (χ0) is 11.2. The lowest BCUT2D eigenvalue weighted by molar-refractivity contribution is 0.297. The van der Waals surface area contributed by atoms with Gasteiger partial charge < -0.3 is 9.47 Å². The quantitative estimate of drug-likeness (QED) is 0.455. The number of benzene rings is 1. The average Bonchev–Trinajstić information content (AvgIpc) is 2.54. The van der Waals surface area contributed by atoms with Gasteiger partial charge in [-0.25, -0.2) is 0 Å². The molecule has 0 amide bonds. The van der Waals surface area contributed by atoms with Crippen LogP contribution < -0.4 is 9.47 Å². The second-order valence-electron chi connectivity index (χ2n) is 3.46. The second kappa shape index (κ2) is 5.72. The highest BCUT2D eigenvalue weighted by molar-refractivity contribution is 7.99. The molecule has 84 valence electrons. The van der Waals surface area contributed by atoms with Crippen LogP contribution in [-0.4, -0.2) is 19.0 Å². The predicted octanol–water partition coefficient (Wildman–Crippen LogP) is 2.96. The van der Waals surface area contributed by atoms with Gasteiger partial charge in [-0.1, -0.05) is 0 Å². The van der Waals surface area contributed by atoms with Gasteiger partial charge in [0.2, 0.25) is 0 Å². The molecule has 1 aromatic rings. The third kappa shape index (κ3) is 2.86. The molecular weight excluding hydrogens is 220 g/mol. The molecule has 0 N–H and O–H groups in total. The van der Waals surface area contributed by atoms with Crippen molar-refractivity contribution >= 4 is 11.8 Å². The minimum Gasteiger partial charge on any atom is -0.490 e. The normalized spacial score (nSPS) is 13.9. The Morgan fingerprint density at radius 2 is 2.06 bits per heavy atom. The van der Waals surface area contributed by atoms with Gasteiger partial charge in [0.25, 0.3) is 0 Å². The number of hydrogen-bond donors (Lipinski definition) is 0. The van der Waals surface area contributed by atoms with Crippen LogP contribution >= 0.6 is 11.8 Å². The van der Waals surface area contributed by atoms with Crippen LogP contribution in [0, 0.1) is 12.3 Å². The lowest BCUT2D eigenvalue weighted by Gasteiger charge is -2.08. The SMILES string of the molecule is C#CCCSc1ccc2c(c1)OCCCO2. The molecule has 0 bridgehead atoms. The van der Waals surface area contributed by atoms with E-state index in [0.717, 1.165) is 43.3 Å². The van der Waals surface area contributed by atoms with E-state index in [2.05, 4.69) is 12.0 Å². The van der Waals surface area contributed by atoms with Gasteiger partial charge in [-0.2, -0.15) is 0 Å². The van der Waals surface area contributed by atoms with E-state index in [1.54, 1.807) is 11.8 Å². The van der Waals surface area contributed by atoms with Crippen LogP contribution in [0.4, 0.5) is 0 Å². The van der Waals surface area contributed by atoms with Gasteiger partial charge in [0.05, 0.1) is 13.2 Å². The van der Waals surface area contributed by atoms with E-state index in [4.69, 9.17) is 15.9 Å². The minimum absolute atomic E-state index is 0.728. The highest BCUT2D eigenvalue weighted by atomic mass is 32.2. The first-order chi connectivity index (χ1) is 7.90. The highest BCUT2D eigenvalue weighted by Gasteiger charge is 2.10. The predicted molar refractivity (Wildman–Crippen MR) is 66.2 cm³/mol. The Kier molecular flexibility index (Phi) is 4.01. The third-order valence-electron chi connectivity index (χ3n) is 2.23. The van der Waals surface area contributed by atoms with Crippen LogP contribution in [-0.2, 0) is 0 Å². The van der Waals surface area contributed by atoms with Crippen molar-refractivity contribution in [3.05, 3.63) is 18.2 Å². The minimum atomic E-state index is 0.728. The summed E-state index contributed by atoms with van der Waals surface area (Å²) in [5, 5.41) is 0. The molecule has 2 nitrogen and oxygen atoms in total. The molecule has 0 saturated heterocycles. The Bertz CT molecular complexity index is 395. The smallest absolute Gasteiger partial charge is 0.162 e. The summed E-state index contributed by atoms with van der Waals surface area (Å²) in [6.45, 7) is 1.46. The monoisotopic (exact) mass is 234 g/mol. The molecule has 1 aliphatic heterocycles. The van der Waals surface area contributed by atoms with Gasteiger partial charge in [0.15, 0.2) is 11.5 Å². The fourth-order valence-electron chi connectivity index (χ4n) is 1.46. The van der Waals surface area contributed by atoms with Crippen LogP contribution in [0.5, 0.6) is 11.5 Å². The number of fused-ring (bicyclic) bond motifs is 1. The number of ether oxygens (including phenoxy) is 2. The van der Waals surface area contributed by atoms with Crippen molar-refractivity contribution in [3.63, 3.8) is 0 Å². The largest absolute Gasteiger partial charge is 0.490 e. The maximum atomic E-state index is 5.62. The van der Waals surface area contributed by atoms with E-state index in [1.807, 2.05) is 12.1 Å². The molecule has 0 fully saturated rings. The summed E-state index contributed by atoms with van der Waals surface area (Å²) in [4.78, 5) is 1.18. The van der Waals surface area contributed by atoms with Gasteiger partial charge in [0.1, 0.15) is 0 Å². The van der Waals surface area contributed by atoms with Crippen molar-refractivity contribution < 1.29 is 9.47 Å². The number of thioether (sulfide) groups is 1. The number of rotatable bonds is 3. The van der Waals surface area contributed by atoms with Crippen LogP contribution in [0.2, 0.25) is 0 Å². The maximum absolute atomic E-state index is 5.62. The Hall–Kier alpha value is -1.27. The van der Waals surface area contributed by atoms with E-state index in [1.165, 1.54) is 4.90 Å². The van der Waals surface area contributed by atoms with Gasteiger partial charge in [-0.15, -0.1) is 24.1 Å². The van der Waals surface area contributed by atoms with Crippen molar-refractivity contribution in [2.24, 2.45) is 0 Å². The molecule has 16 heavy (non-hydrogen) atoms. The van der Waals surface area contributed by atoms with E-state index in [0.29, 0.717) is 0 Å². The van der Waals surface area contributed by atoms with Crippen LogP contribution in [0.25, 0.3) is 0 Å². The summed E-state index contributed by atoms with van der Waals surface area (Å²) in [6.07, 6.45) is 6.95. The summed E-state index contributed by atoms with van der Waals surface area (Å²) in [6, 6.07) is 6.05. The highest BCUT2D eigenvalue weighted by Crippen LogP contribution is 2.33. The molecule has 0 atom stereocenters. The van der Waals surface area contributed by atoms with Crippen molar-refractivity contribution in [1.29, 1.82) is 0 Å². The lowest BCUT2D eigenvalue weighted by atomic mass is 10.3. The lowest BCUT2D eigenvalue weighted by Crippen LogP contribution is -1.97. The van der Waals surface area contributed by atoms with Crippen molar-refractivity contribution in [2.45, 2.75) is 17.7 Å². The van der Waals surface area contributed by atoms with E-state index < -0.39 is 0 Å². The zero-order valence-electron chi connectivity index (χ0n) is 9.07. The molecule has 1 aliphatic rings. The summed E-state index contributed by atoms with van der Waals surface area (Å²) in [7, 11) is 0. The fraction of sp³-hybridized carbons (Fsp3) is 0.385. The van der Waals surface area contributed by atoms with E-state index >= 15 is 0 Å². The van der Waals surface area contributed by atoms with Crippen molar-refractivity contribution in [1.82, 2.24) is 0 Å². The average molecular weight is 234 g/mol. The van der Waals surface area contributed by atoms with Crippen LogP contribution in [0.1, 0.15) is 12.8 Å². The van der Waals surface area contributed by atoms with Gasteiger partial charge in [0, 0.05) is 23.5 Å². The third-order valence-corrected chi connectivity index (χ3v) is 3.23. The molecule has 0 aliphatic carbocycles. The topological polar surface area (TPSA) is 18.5 Å². The Labute approximate surface area is 100 Å². The summed E-state index contributed by atoms with van der Waals surface area (Å²) < 4.78 is 11.2. The van der Waals surface area contributed by atoms with Crippen molar-refractivity contribution in [3.8, 4) is 23.8 Å². The number of hydrogen-bond acceptors (Lipinski definition) is 3. The Balaban J connectivity index is 2.06. The van der Waals surface area contributed by atoms with Gasteiger partial charge in [-0.05, 0) is 18.2 Å². The van der Waals surface area contributed by atoms with Crippen LogP contribution in [0.3, 0.4) is 0 Å². The summed E-state index contributed by atoms with van der Waals surface area (Å²) in [5.74, 6) is 5.27. The molecule has 0 aromatic heterocycles. The summed E-state index contributed by atoms with van der Waals surface area (Å²) >= 11 is 1.75. The molecule has 1 aromatic carbocycles. The Morgan fingerprint density at radius 1 is 1.25 bits per heavy atom. The second-order valence-corrected chi connectivity index (χ2v) is 4.63. The van der Waals surface area contributed by atoms with Gasteiger partial charge >= 0.3 is 0 Å². The molecule has 0 saturated carbocycles. The maximum Gasteiger partial charge on any atom is 0.162 e. The molecule has 3 heteroatoms. The van der Waals surface area contributed by atoms with E-state index in [-0.39, 0.29) is 0 Å². The molecule has 0 spiro atoms. The fourth-order valence-corrected chi connectivity index (χ4v) is 2.27. The first kappa shape index (κ1) is 11.2. The van der Waals surface area contributed by atoms with Crippen molar-refractivity contribution in [2.75, 3.05) is 19.0 Å². The molecule has 0 unspecified atom stereocenters. The number of terminal acetylenes is 1. The van der Waals surface area contributed by atoms with Gasteiger partial charge in [-0.3, -0.25) is 0 Å². The molecular formula is C13H14O2S. The zero-order valence-corrected chi connectivity index (χ0v) is 9.89. The summed E-state index contributed by atoms with van der Waals surface area (Å²) in [5.41, 5.74) is 0. The standard InChI is InChI=1S/C13H14O2S/c1-2-3-9-16-11-5-6-12-13(10-11)15-8-4-7-14-12/h1,5-6,10H,3-4,7-9H2.